The Balaban J connectivity index is 2.45. The lowest BCUT2D eigenvalue weighted by Crippen LogP contribution is -2.34. The van der Waals surface area contributed by atoms with Crippen molar-refractivity contribution in [2.24, 2.45) is 11.8 Å². The summed E-state index contributed by atoms with van der Waals surface area (Å²) in [5, 5.41) is 0. The summed E-state index contributed by atoms with van der Waals surface area (Å²) in [6, 6.07) is 15.6. The first kappa shape index (κ1) is 22.0. The number of hydrogen-bond acceptors (Lipinski definition) is 2. The molecule has 0 radical (unpaired) electrons. The maximum atomic E-state index is 13.6. The zero-order chi connectivity index (χ0) is 20.0. The van der Waals surface area contributed by atoms with Gasteiger partial charge >= 0.3 is 0 Å². The average molecular weight is 405 g/mol. The highest BCUT2D eigenvalue weighted by Gasteiger charge is 2.35. The second-order valence-corrected chi connectivity index (χ2v) is 11.1. The Hall–Kier alpha value is -1.26. The van der Waals surface area contributed by atoms with Crippen molar-refractivity contribution in [3.05, 3.63) is 59.7 Å². The Kier molecular flexibility index (Phi) is 8.43. The molecule has 0 aliphatic heterocycles. The topological polar surface area (TPSA) is 34.1 Å². The highest BCUT2D eigenvalue weighted by Crippen LogP contribution is 2.33. The molecule has 27 heavy (non-hydrogen) atoms. The van der Waals surface area contributed by atoms with Gasteiger partial charge in [0.2, 0.25) is 0 Å². The molecule has 0 amide bonds. The highest BCUT2D eigenvalue weighted by molar-refractivity contribution is 8.03. The predicted molar refractivity (Wildman–Crippen MR) is 117 cm³/mol. The molecule has 2 unspecified atom stereocenters. The van der Waals surface area contributed by atoms with Crippen LogP contribution < -0.4 is 0 Å². The van der Waals surface area contributed by atoms with Crippen LogP contribution in [0.4, 0.5) is 0 Å². The van der Waals surface area contributed by atoms with Crippen LogP contribution in [0.2, 0.25) is 0 Å². The maximum Gasteiger partial charge on any atom is 0.122 e. The largest absolute Gasteiger partial charge is 0.253 e. The molecular formula is C23H32O2S2. The molecule has 0 saturated heterocycles. The van der Waals surface area contributed by atoms with Crippen LogP contribution in [-0.2, 0) is 21.6 Å². The first-order valence-electron chi connectivity index (χ1n) is 9.79. The first-order valence-corrected chi connectivity index (χ1v) is 12.2. The van der Waals surface area contributed by atoms with E-state index in [0.717, 1.165) is 40.2 Å². The molecule has 2 nitrogen and oxygen atoms in total. The number of hydrogen-bond donors (Lipinski definition) is 0. The summed E-state index contributed by atoms with van der Waals surface area (Å²) in [4.78, 5) is 1.54. The molecule has 0 bridgehead atoms. The van der Waals surface area contributed by atoms with Gasteiger partial charge < -0.3 is 0 Å². The predicted octanol–water partition coefficient (Wildman–Crippen LogP) is 6.01. The molecule has 0 aromatic heterocycles. The lowest BCUT2D eigenvalue weighted by molar-refractivity contribution is 0.369. The van der Waals surface area contributed by atoms with Gasteiger partial charge in [0.1, 0.15) is 4.58 Å². The first-order chi connectivity index (χ1) is 12.8. The van der Waals surface area contributed by atoms with Crippen molar-refractivity contribution in [1.29, 1.82) is 0 Å². The minimum absolute atomic E-state index is 0.147. The number of aryl methyl sites for hydroxylation is 2. The van der Waals surface area contributed by atoms with E-state index in [2.05, 4.69) is 20.8 Å². The Morgan fingerprint density at radius 1 is 0.778 bits per heavy atom. The van der Waals surface area contributed by atoms with E-state index in [1.165, 1.54) is 0 Å². The van der Waals surface area contributed by atoms with Crippen LogP contribution in [-0.4, -0.2) is 13.0 Å². The molecule has 0 fully saturated rings. The fourth-order valence-corrected chi connectivity index (χ4v) is 7.42. The standard InChI is InChI=1S/C23H32O2S2/c1-6-7-8-22(17(2)3)23(26(24)20-13-9-18(4)10-14-20)27(25)21-15-11-19(5)12-16-21/h9-17,22-23H,6-8H2,1-5H3/t22-,23?,26?,27?/m1/s1. The molecule has 4 heteroatoms. The third-order valence-corrected chi connectivity index (χ3v) is 9.09. The minimum Gasteiger partial charge on any atom is -0.253 e. The monoisotopic (exact) mass is 404 g/mol. The van der Waals surface area contributed by atoms with Crippen LogP contribution in [0.15, 0.2) is 58.3 Å². The summed E-state index contributed by atoms with van der Waals surface area (Å²) in [6.07, 6.45) is 3.11. The van der Waals surface area contributed by atoms with Crippen molar-refractivity contribution in [3.8, 4) is 0 Å². The second-order valence-electron chi connectivity index (χ2n) is 7.64. The van der Waals surface area contributed by atoms with Crippen molar-refractivity contribution in [3.63, 3.8) is 0 Å². The van der Waals surface area contributed by atoms with E-state index in [4.69, 9.17) is 0 Å². The molecule has 2 aromatic carbocycles. The zero-order valence-electron chi connectivity index (χ0n) is 17.1. The van der Waals surface area contributed by atoms with E-state index in [0.29, 0.717) is 5.92 Å². The van der Waals surface area contributed by atoms with Crippen molar-refractivity contribution < 1.29 is 8.42 Å². The molecule has 3 atom stereocenters. The molecule has 0 heterocycles. The van der Waals surface area contributed by atoms with Crippen LogP contribution in [0.5, 0.6) is 0 Å². The van der Waals surface area contributed by atoms with E-state index >= 15 is 0 Å². The summed E-state index contributed by atoms with van der Waals surface area (Å²) in [5.41, 5.74) is 2.27. The molecule has 148 valence electrons. The normalized spacial score (nSPS) is 16.1. The Labute approximate surface area is 169 Å². The van der Waals surface area contributed by atoms with Gasteiger partial charge in [-0.3, -0.25) is 8.42 Å². The summed E-state index contributed by atoms with van der Waals surface area (Å²) in [6.45, 7) is 10.5. The van der Waals surface area contributed by atoms with Crippen molar-refractivity contribution in [1.82, 2.24) is 0 Å². The van der Waals surface area contributed by atoms with Crippen LogP contribution >= 0.6 is 0 Å². The van der Waals surface area contributed by atoms with E-state index in [1.54, 1.807) is 0 Å². The molecule has 2 aromatic rings. The molecule has 0 aliphatic carbocycles. The van der Waals surface area contributed by atoms with Gasteiger partial charge in [-0.05, 0) is 56.4 Å². The summed E-state index contributed by atoms with van der Waals surface area (Å²) in [7, 11) is -2.64. The van der Waals surface area contributed by atoms with Gasteiger partial charge in [-0.25, -0.2) is 0 Å². The number of benzene rings is 2. The smallest absolute Gasteiger partial charge is 0.122 e. The van der Waals surface area contributed by atoms with Crippen molar-refractivity contribution >= 4 is 21.6 Å². The molecular weight excluding hydrogens is 372 g/mol. The van der Waals surface area contributed by atoms with Gasteiger partial charge in [0.25, 0.3) is 0 Å². The maximum absolute atomic E-state index is 13.6. The lowest BCUT2D eigenvalue weighted by atomic mass is 9.92. The average Bonchev–Trinajstić information content (AvgIpc) is 2.65. The van der Waals surface area contributed by atoms with Gasteiger partial charge in [-0.15, -0.1) is 0 Å². The lowest BCUT2D eigenvalue weighted by Gasteiger charge is -2.29. The minimum atomic E-state index is -1.32. The van der Waals surface area contributed by atoms with Crippen LogP contribution in [0.25, 0.3) is 0 Å². The fourth-order valence-electron chi connectivity index (χ4n) is 3.23. The van der Waals surface area contributed by atoms with E-state index in [-0.39, 0.29) is 5.92 Å². The fraction of sp³-hybridized carbons (Fsp3) is 0.478. The molecule has 0 aliphatic rings. The van der Waals surface area contributed by atoms with Gasteiger partial charge in [-0.1, -0.05) is 69.0 Å². The Bertz CT molecular complexity index is 706. The third-order valence-electron chi connectivity index (χ3n) is 5.03. The quantitative estimate of drug-likeness (QED) is 0.513. The van der Waals surface area contributed by atoms with Gasteiger partial charge in [-0.2, -0.15) is 0 Å². The van der Waals surface area contributed by atoms with Gasteiger partial charge in [0.15, 0.2) is 0 Å². The summed E-state index contributed by atoms with van der Waals surface area (Å²) >= 11 is 0. The summed E-state index contributed by atoms with van der Waals surface area (Å²) in [5.74, 6) is 0.472. The molecule has 2 rings (SSSR count). The van der Waals surface area contributed by atoms with Crippen LogP contribution in [0.1, 0.15) is 51.2 Å². The second kappa shape index (κ2) is 10.3. The van der Waals surface area contributed by atoms with Crippen LogP contribution in [0, 0.1) is 25.7 Å². The van der Waals surface area contributed by atoms with E-state index < -0.39 is 26.2 Å². The van der Waals surface area contributed by atoms with Crippen molar-refractivity contribution in [2.75, 3.05) is 0 Å². The van der Waals surface area contributed by atoms with E-state index in [1.807, 2.05) is 62.4 Å². The molecule has 0 N–H and O–H groups in total. The molecule has 0 saturated carbocycles. The van der Waals surface area contributed by atoms with Gasteiger partial charge in [0, 0.05) is 9.79 Å². The SMILES string of the molecule is CCCC[C@H](C(C)C)C(S(=O)c1ccc(C)cc1)S(=O)c1ccc(C)cc1. The molecule has 0 spiro atoms. The van der Waals surface area contributed by atoms with Gasteiger partial charge in [0.05, 0.1) is 21.6 Å². The van der Waals surface area contributed by atoms with Crippen LogP contribution in [0.3, 0.4) is 0 Å². The number of unbranched alkanes of at least 4 members (excludes halogenated alkanes) is 1. The zero-order valence-corrected chi connectivity index (χ0v) is 18.7. The summed E-state index contributed by atoms with van der Waals surface area (Å²) < 4.78 is 26.7. The Morgan fingerprint density at radius 3 is 1.52 bits per heavy atom. The van der Waals surface area contributed by atoms with E-state index in [9.17, 15) is 8.42 Å². The highest BCUT2D eigenvalue weighted by atomic mass is 32.2. The number of rotatable bonds is 9. The van der Waals surface area contributed by atoms with Crippen molar-refractivity contribution in [2.45, 2.75) is 68.3 Å². The third kappa shape index (κ3) is 5.86. The Morgan fingerprint density at radius 2 is 1.19 bits per heavy atom.